The molecule has 7 heteroatoms. The number of aryl methyl sites for hydroxylation is 2. The number of nitrogens with zero attached hydrogens (tertiary/aromatic N) is 4. The summed E-state index contributed by atoms with van der Waals surface area (Å²) in [6.07, 6.45) is 6.59. The van der Waals surface area contributed by atoms with E-state index in [1.165, 1.54) is 0 Å². The molecule has 2 aliphatic carbocycles. The topological polar surface area (TPSA) is 91.6 Å². The average Bonchev–Trinajstić information content (AvgIpc) is 3.48. The van der Waals surface area contributed by atoms with Crippen LogP contribution in [0.1, 0.15) is 40.3 Å². The zero-order chi connectivity index (χ0) is 21.3. The van der Waals surface area contributed by atoms with Gasteiger partial charge in [0.15, 0.2) is 0 Å². The molecule has 3 heterocycles. The maximum atomic E-state index is 12.8. The maximum absolute atomic E-state index is 12.8. The summed E-state index contributed by atoms with van der Waals surface area (Å²) >= 11 is 0. The van der Waals surface area contributed by atoms with Gasteiger partial charge in [0.2, 0.25) is 5.88 Å². The van der Waals surface area contributed by atoms with Gasteiger partial charge >= 0.3 is 0 Å². The number of carbonyl (C=O) groups excluding carboxylic acids is 2. The van der Waals surface area contributed by atoms with Crippen molar-refractivity contribution in [3.63, 3.8) is 0 Å². The largest absolute Gasteiger partial charge is 0.443 e. The zero-order valence-electron chi connectivity index (χ0n) is 17.3. The van der Waals surface area contributed by atoms with Gasteiger partial charge in [0.25, 0.3) is 11.8 Å². The molecule has 4 atom stereocenters. The van der Waals surface area contributed by atoms with Crippen molar-refractivity contribution in [2.75, 3.05) is 0 Å². The number of hydrogen-bond acceptors (Lipinski definition) is 5. The first kappa shape index (κ1) is 18.6. The van der Waals surface area contributed by atoms with Gasteiger partial charge in [0, 0.05) is 22.5 Å². The number of hydrazone groups is 1. The van der Waals surface area contributed by atoms with Gasteiger partial charge in [-0.2, -0.15) is 15.4 Å². The lowest BCUT2D eigenvalue weighted by molar-refractivity contribution is -0.140. The Kier molecular flexibility index (Phi) is 3.91. The lowest BCUT2D eigenvalue weighted by Gasteiger charge is -2.13. The molecule has 2 bridgehead atoms. The second-order valence-corrected chi connectivity index (χ2v) is 8.47. The molecular formula is C23H22N4O3. The van der Waals surface area contributed by atoms with Gasteiger partial charge in [0.05, 0.1) is 18.1 Å². The Bertz CT molecular complexity index is 1180. The summed E-state index contributed by atoms with van der Waals surface area (Å²) in [5.74, 6) is 0.591. The highest BCUT2D eigenvalue weighted by Gasteiger charge is 2.59. The molecule has 1 saturated heterocycles. The molecule has 1 saturated carbocycles. The van der Waals surface area contributed by atoms with Crippen LogP contribution in [0.3, 0.4) is 0 Å². The Balaban J connectivity index is 1.48. The van der Waals surface area contributed by atoms with Crippen LogP contribution < -0.4 is 0 Å². The second-order valence-electron chi connectivity index (χ2n) is 8.47. The van der Waals surface area contributed by atoms with E-state index in [0.717, 1.165) is 33.9 Å². The molecule has 0 N–H and O–H groups in total. The van der Waals surface area contributed by atoms with Gasteiger partial charge in [-0.15, -0.1) is 0 Å². The van der Waals surface area contributed by atoms with E-state index < -0.39 is 0 Å². The minimum Gasteiger partial charge on any atom is -0.443 e. The average molecular weight is 402 g/mol. The van der Waals surface area contributed by atoms with Gasteiger partial charge < -0.3 is 4.42 Å². The van der Waals surface area contributed by atoms with Crippen LogP contribution >= 0.6 is 0 Å². The molecule has 1 aliphatic heterocycles. The molecular weight excluding hydrogens is 380 g/mol. The number of hydrogen-bond donors (Lipinski definition) is 0. The summed E-state index contributed by atoms with van der Waals surface area (Å²) in [6, 6.07) is 4.13. The Morgan fingerprint density at radius 2 is 1.77 bits per heavy atom. The first-order chi connectivity index (χ1) is 14.3. The van der Waals surface area contributed by atoms with Crippen molar-refractivity contribution < 1.29 is 14.0 Å². The van der Waals surface area contributed by atoms with E-state index >= 15 is 0 Å². The van der Waals surface area contributed by atoms with Gasteiger partial charge in [-0.1, -0.05) is 12.2 Å². The molecule has 0 radical (unpaired) electrons. The number of nitriles is 1. The summed E-state index contributed by atoms with van der Waals surface area (Å²) in [5.41, 5.74) is 3.78. The zero-order valence-corrected chi connectivity index (χ0v) is 17.3. The normalized spacial score (nSPS) is 27.0. The summed E-state index contributed by atoms with van der Waals surface area (Å²) in [6.45, 7) is 7.51. The van der Waals surface area contributed by atoms with E-state index in [2.05, 4.69) is 23.3 Å². The van der Waals surface area contributed by atoms with Gasteiger partial charge in [-0.25, -0.2) is 0 Å². The molecule has 30 heavy (non-hydrogen) atoms. The van der Waals surface area contributed by atoms with Crippen LogP contribution in [0.5, 0.6) is 0 Å². The predicted octanol–water partition coefficient (Wildman–Crippen LogP) is 3.32. The third kappa shape index (κ3) is 2.34. The van der Waals surface area contributed by atoms with Gasteiger partial charge in [-0.05, 0) is 52.0 Å². The minimum atomic E-state index is -0.260. The van der Waals surface area contributed by atoms with Crippen LogP contribution in [-0.4, -0.2) is 27.6 Å². The quantitative estimate of drug-likeness (QED) is 0.447. The highest BCUT2D eigenvalue weighted by Crippen LogP contribution is 2.52. The number of carbonyl (C=O) groups is 2. The molecule has 2 aromatic heterocycles. The predicted molar refractivity (Wildman–Crippen MR) is 109 cm³/mol. The number of amides is 2. The molecule has 0 spiro atoms. The van der Waals surface area contributed by atoms with E-state index in [4.69, 9.17) is 4.42 Å². The second kappa shape index (κ2) is 6.30. The summed E-state index contributed by atoms with van der Waals surface area (Å²) < 4.78 is 7.73. The Hall–Kier alpha value is -3.40. The van der Waals surface area contributed by atoms with Crippen molar-refractivity contribution in [2.24, 2.45) is 28.8 Å². The SMILES string of the molecule is Cc1oc(-n2c(C)cc(/C=N\N3C(=O)[C@H]4[C@H](C3=O)[C@H]3C=C[C@H]4C3)c2C)c(C#N)c1C. The molecule has 7 nitrogen and oxygen atoms in total. The molecule has 3 aliphatic rings. The van der Waals surface area contributed by atoms with Crippen LogP contribution in [0.15, 0.2) is 27.7 Å². The molecule has 152 valence electrons. The molecule has 2 amide bonds. The standard InChI is InChI=1S/C23H22N4O3/c1-11-7-17(13(3)26(11)23-18(9-24)12(2)14(4)30-23)10-25-27-21(28)19-15-5-6-16(8-15)20(19)22(27)29/h5-7,10,15-16,19-20H,8H2,1-4H3/b25-10-/t15-,16-,19+,20+/m0/s1. The minimum absolute atomic E-state index is 0.163. The van der Waals surface area contributed by atoms with Crippen molar-refractivity contribution in [3.05, 3.63) is 52.1 Å². The van der Waals surface area contributed by atoms with Crippen LogP contribution in [-0.2, 0) is 9.59 Å². The monoisotopic (exact) mass is 402 g/mol. The van der Waals surface area contributed by atoms with E-state index in [1.807, 2.05) is 38.3 Å². The van der Waals surface area contributed by atoms with Gasteiger partial charge in [0.1, 0.15) is 17.4 Å². The lowest BCUT2D eigenvalue weighted by Crippen LogP contribution is -2.28. The molecule has 0 unspecified atom stereocenters. The molecule has 2 aromatic rings. The van der Waals surface area contributed by atoms with Crippen LogP contribution in [0.25, 0.3) is 5.88 Å². The highest BCUT2D eigenvalue weighted by molar-refractivity contribution is 6.06. The molecule has 5 rings (SSSR count). The van der Waals surface area contributed by atoms with E-state index in [9.17, 15) is 14.9 Å². The first-order valence-electron chi connectivity index (χ1n) is 10.1. The maximum Gasteiger partial charge on any atom is 0.254 e. The van der Waals surface area contributed by atoms with Crippen molar-refractivity contribution in [1.29, 1.82) is 5.26 Å². The highest BCUT2D eigenvalue weighted by atomic mass is 16.4. The number of allylic oxidation sites excluding steroid dienone is 2. The summed E-state index contributed by atoms with van der Waals surface area (Å²) in [4.78, 5) is 25.6. The fourth-order valence-electron chi connectivity index (χ4n) is 5.25. The smallest absolute Gasteiger partial charge is 0.254 e. The number of aromatic nitrogens is 1. The van der Waals surface area contributed by atoms with E-state index in [1.54, 1.807) is 6.21 Å². The number of imide groups is 1. The van der Waals surface area contributed by atoms with Crippen LogP contribution in [0.4, 0.5) is 0 Å². The Morgan fingerprint density at radius 3 is 2.37 bits per heavy atom. The fourth-order valence-corrected chi connectivity index (χ4v) is 5.25. The Labute approximate surface area is 174 Å². The van der Waals surface area contributed by atoms with Crippen molar-refractivity contribution in [2.45, 2.75) is 34.1 Å². The van der Waals surface area contributed by atoms with E-state index in [0.29, 0.717) is 17.2 Å². The lowest BCUT2D eigenvalue weighted by atomic mass is 9.85. The van der Waals surface area contributed by atoms with Crippen LogP contribution in [0.2, 0.25) is 0 Å². The third-order valence-corrected chi connectivity index (χ3v) is 6.91. The number of rotatable bonds is 3. The molecule has 2 fully saturated rings. The fraction of sp³-hybridized carbons (Fsp3) is 0.391. The van der Waals surface area contributed by atoms with E-state index in [-0.39, 0.29) is 35.5 Å². The summed E-state index contributed by atoms with van der Waals surface area (Å²) in [5, 5.41) is 14.9. The molecule has 0 aromatic carbocycles. The summed E-state index contributed by atoms with van der Waals surface area (Å²) in [7, 11) is 0. The number of fused-ring (bicyclic) bond motifs is 5. The van der Waals surface area contributed by atoms with Crippen LogP contribution in [0, 0.1) is 62.7 Å². The van der Waals surface area contributed by atoms with Crippen molar-refractivity contribution in [3.8, 4) is 12.0 Å². The Morgan fingerprint density at radius 1 is 1.13 bits per heavy atom. The number of furan rings is 1. The third-order valence-electron chi connectivity index (χ3n) is 6.91. The van der Waals surface area contributed by atoms with Crippen molar-refractivity contribution in [1.82, 2.24) is 9.58 Å². The van der Waals surface area contributed by atoms with Crippen molar-refractivity contribution >= 4 is 18.0 Å². The first-order valence-corrected chi connectivity index (χ1v) is 10.1. The van der Waals surface area contributed by atoms with Gasteiger partial charge in [-0.3, -0.25) is 14.2 Å².